The van der Waals surface area contributed by atoms with Crippen molar-refractivity contribution >= 4 is 34.9 Å². The molecule has 1 aromatic heterocycles. The van der Waals surface area contributed by atoms with Crippen LogP contribution in [0.25, 0.3) is 0 Å². The van der Waals surface area contributed by atoms with Gasteiger partial charge in [0.2, 0.25) is 0 Å². The van der Waals surface area contributed by atoms with Gasteiger partial charge in [0.15, 0.2) is 0 Å². The molecule has 0 bridgehead atoms. The Hall–Kier alpha value is -1.00. The number of nitrogens with one attached hydrogen (secondary N) is 2. The van der Waals surface area contributed by atoms with E-state index in [1.54, 1.807) is 0 Å². The summed E-state index contributed by atoms with van der Waals surface area (Å²) < 4.78 is 0. The first-order valence-electron chi connectivity index (χ1n) is 3.43. The van der Waals surface area contributed by atoms with Crippen LogP contribution >= 0.6 is 23.2 Å². The normalized spacial score (nSPS) is 9.46. The number of carbonyl (C=O) groups excluding carboxylic acids is 1. The van der Waals surface area contributed by atoms with E-state index in [0.717, 1.165) is 0 Å². The Kier molecular flexibility index (Phi) is 3.33. The molecule has 0 unspecified atom stereocenters. The molecule has 13 heavy (non-hydrogen) atoms. The standard InChI is InChI=1S/C7H7Cl2N3O/c1-10-7(13)11-4-2-5(8)12-6(9)3-4/h2-3H,1H3,(H2,10,11,12,13). The highest BCUT2D eigenvalue weighted by molar-refractivity contribution is 6.32. The predicted octanol–water partition coefficient (Wildman–Crippen LogP) is 2.14. The number of carbonyl (C=O) groups is 1. The molecule has 0 radical (unpaired) electrons. The molecule has 0 aliphatic heterocycles. The molecule has 1 rings (SSSR count). The molecule has 0 atom stereocenters. The molecule has 0 aromatic carbocycles. The minimum absolute atomic E-state index is 0.235. The number of rotatable bonds is 1. The van der Waals surface area contributed by atoms with E-state index < -0.39 is 0 Å². The number of nitrogens with zero attached hydrogens (tertiary/aromatic N) is 1. The molecule has 70 valence electrons. The van der Waals surface area contributed by atoms with Crippen molar-refractivity contribution in [3.8, 4) is 0 Å². The van der Waals surface area contributed by atoms with Gasteiger partial charge in [-0.25, -0.2) is 9.78 Å². The summed E-state index contributed by atoms with van der Waals surface area (Å²) in [6.07, 6.45) is 0. The van der Waals surface area contributed by atoms with E-state index in [9.17, 15) is 4.79 Å². The maximum Gasteiger partial charge on any atom is 0.318 e. The van der Waals surface area contributed by atoms with E-state index in [-0.39, 0.29) is 16.3 Å². The fourth-order valence-corrected chi connectivity index (χ4v) is 1.19. The zero-order valence-corrected chi connectivity index (χ0v) is 8.28. The topological polar surface area (TPSA) is 54.0 Å². The van der Waals surface area contributed by atoms with Gasteiger partial charge in [0.1, 0.15) is 10.3 Å². The predicted molar refractivity (Wildman–Crippen MR) is 52.3 cm³/mol. The molecule has 0 saturated heterocycles. The first-order valence-corrected chi connectivity index (χ1v) is 4.19. The van der Waals surface area contributed by atoms with Crippen LogP contribution < -0.4 is 10.6 Å². The average Bonchev–Trinajstić information content (AvgIpc) is 2.02. The maximum atomic E-state index is 10.9. The van der Waals surface area contributed by atoms with Crippen LogP contribution in [-0.2, 0) is 0 Å². The Morgan fingerprint density at radius 2 is 1.92 bits per heavy atom. The number of amides is 2. The van der Waals surface area contributed by atoms with Gasteiger partial charge in [-0.2, -0.15) is 0 Å². The summed E-state index contributed by atoms with van der Waals surface area (Å²) in [5, 5.41) is 5.38. The highest BCUT2D eigenvalue weighted by atomic mass is 35.5. The van der Waals surface area contributed by atoms with E-state index in [4.69, 9.17) is 23.2 Å². The Labute approximate surface area is 85.2 Å². The minimum Gasteiger partial charge on any atom is -0.341 e. The van der Waals surface area contributed by atoms with Crippen LogP contribution in [0.1, 0.15) is 0 Å². The maximum absolute atomic E-state index is 10.9. The Morgan fingerprint density at radius 3 is 2.38 bits per heavy atom. The van der Waals surface area contributed by atoms with Gasteiger partial charge in [-0.1, -0.05) is 23.2 Å². The van der Waals surface area contributed by atoms with Gasteiger partial charge in [0.25, 0.3) is 0 Å². The molecular weight excluding hydrogens is 213 g/mol. The van der Waals surface area contributed by atoms with Crippen molar-refractivity contribution < 1.29 is 4.79 Å². The zero-order valence-electron chi connectivity index (χ0n) is 6.77. The smallest absolute Gasteiger partial charge is 0.318 e. The second kappa shape index (κ2) is 4.30. The monoisotopic (exact) mass is 219 g/mol. The van der Waals surface area contributed by atoms with Gasteiger partial charge in [0, 0.05) is 12.7 Å². The second-order valence-corrected chi connectivity index (χ2v) is 2.98. The summed E-state index contributed by atoms with van der Waals surface area (Å²) in [6.45, 7) is 0. The highest BCUT2D eigenvalue weighted by Crippen LogP contribution is 2.18. The van der Waals surface area contributed by atoms with Crippen molar-refractivity contribution in [2.75, 3.05) is 12.4 Å². The fraction of sp³-hybridized carbons (Fsp3) is 0.143. The van der Waals surface area contributed by atoms with Crippen molar-refractivity contribution in [1.82, 2.24) is 10.3 Å². The summed E-state index contributed by atoms with van der Waals surface area (Å²) in [4.78, 5) is 14.6. The minimum atomic E-state index is -0.335. The van der Waals surface area contributed by atoms with Gasteiger partial charge in [-0.05, 0) is 12.1 Å². The molecule has 0 aliphatic carbocycles. The third kappa shape index (κ3) is 3.08. The summed E-state index contributed by atoms with van der Waals surface area (Å²) in [5.41, 5.74) is 0.504. The molecule has 2 N–H and O–H groups in total. The lowest BCUT2D eigenvalue weighted by Crippen LogP contribution is -2.24. The van der Waals surface area contributed by atoms with Crippen LogP contribution in [0, 0.1) is 0 Å². The Balaban J connectivity index is 2.83. The molecule has 0 fully saturated rings. The highest BCUT2D eigenvalue weighted by Gasteiger charge is 2.01. The first-order chi connectivity index (χ1) is 6.11. The summed E-state index contributed by atoms with van der Waals surface area (Å²) in [5.74, 6) is 0. The number of pyridine rings is 1. The first kappa shape index (κ1) is 10.1. The zero-order chi connectivity index (χ0) is 9.84. The number of anilines is 1. The fourth-order valence-electron chi connectivity index (χ4n) is 0.731. The largest absolute Gasteiger partial charge is 0.341 e. The van der Waals surface area contributed by atoms with Gasteiger partial charge >= 0.3 is 6.03 Å². The summed E-state index contributed by atoms with van der Waals surface area (Å²) >= 11 is 11.2. The molecular formula is C7H7Cl2N3O. The Morgan fingerprint density at radius 1 is 1.38 bits per heavy atom. The number of halogens is 2. The van der Waals surface area contributed by atoms with Gasteiger partial charge in [-0.15, -0.1) is 0 Å². The van der Waals surface area contributed by atoms with E-state index in [1.165, 1.54) is 19.2 Å². The van der Waals surface area contributed by atoms with Crippen LogP contribution in [0.15, 0.2) is 12.1 Å². The summed E-state index contributed by atoms with van der Waals surface area (Å²) in [7, 11) is 1.51. The summed E-state index contributed by atoms with van der Waals surface area (Å²) in [6, 6.07) is 2.67. The van der Waals surface area contributed by atoms with E-state index in [1.807, 2.05) is 0 Å². The van der Waals surface area contributed by atoms with E-state index in [0.29, 0.717) is 5.69 Å². The lowest BCUT2D eigenvalue weighted by Gasteiger charge is -2.04. The number of urea groups is 1. The number of aromatic nitrogens is 1. The van der Waals surface area contributed by atoms with Crippen molar-refractivity contribution in [3.63, 3.8) is 0 Å². The molecule has 1 aromatic rings. The Bertz CT molecular complexity index is 309. The SMILES string of the molecule is CNC(=O)Nc1cc(Cl)nc(Cl)c1. The third-order valence-corrected chi connectivity index (χ3v) is 1.64. The lowest BCUT2D eigenvalue weighted by molar-refractivity contribution is 0.254. The molecule has 4 nitrogen and oxygen atoms in total. The van der Waals surface area contributed by atoms with Gasteiger partial charge in [-0.3, -0.25) is 0 Å². The molecule has 2 amide bonds. The van der Waals surface area contributed by atoms with Crippen molar-refractivity contribution in [3.05, 3.63) is 22.4 Å². The lowest BCUT2D eigenvalue weighted by atomic mass is 10.4. The number of hydrogen-bond acceptors (Lipinski definition) is 2. The van der Waals surface area contributed by atoms with E-state index >= 15 is 0 Å². The van der Waals surface area contributed by atoms with Gasteiger partial charge < -0.3 is 10.6 Å². The van der Waals surface area contributed by atoms with E-state index in [2.05, 4.69) is 15.6 Å². The van der Waals surface area contributed by atoms with Crippen LogP contribution in [-0.4, -0.2) is 18.1 Å². The molecule has 0 aliphatic rings. The van der Waals surface area contributed by atoms with Gasteiger partial charge in [0.05, 0.1) is 0 Å². The van der Waals surface area contributed by atoms with Crippen molar-refractivity contribution in [2.24, 2.45) is 0 Å². The molecule has 1 heterocycles. The van der Waals surface area contributed by atoms with Crippen molar-refractivity contribution in [1.29, 1.82) is 0 Å². The second-order valence-electron chi connectivity index (χ2n) is 2.21. The number of hydrogen-bond donors (Lipinski definition) is 2. The molecule has 6 heteroatoms. The molecule has 0 spiro atoms. The molecule has 0 saturated carbocycles. The van der Waals surface area contributed by atoms with Crippen LogP contribution in [0.2, 0.25) is 10.3 Å². The van der Waals surface area contributed by atoms with Crippen LogP contribution in [0.3, 0.4) is 0 Å². The third-order valence-electron chi connectivity index (χ3n) is 1.25. The quantitative estimate of drug-likeness (QED) is 0.712. The van der Waals surface area contributed by atoms with Crippen molar-refractivity contribution in [2.45, 2.75) is 0 Å². The van der Waals surface area contributed by atoms with Crippen LogP contribution in [0.5, 0.6) is 0 Å². The van der Waals surface area contributed by atoms with Crippen LogP contribution in [0.4, 0.5) is 10.5 Å². The average molecular weight is 220 g/mol.